The Morgan fingerprint density at radius 2 is 1.13 bits per heavy atom. The van der Waals surface area contributed by atoms with E-state index < -0.39 is 0 Å². The fourth-order valence-electron chi connectivity index (χ4n) is 8.84. The molecule has 5 aromatic carbocycles. The summed E-state index contributed by atoms with van der Waals surface area (Å²) in [5, 5.41) is 2.54. The van der Waals surface area contributed by atoms with Crippen LogP contribution in [0.5, 0.6) is 0 Å². The van der Waals surface area contributed by atoms with E-state index in [0.717, 1.165) is 28.0 Å². The first-order chi connectivity index (χ1) is 24.7. The lowest BCUT2D eigenvalue weighted by Gasteiger charge is -2.44. The van der Waals surface area contributed by atoms with Crippen molar-refractivity contribution in [1.82, 2.24) is 4.57 Å². The first kappa shape index (κ1) is 36.6. The molecular formula is C51H55N. The number of allylic oxidation sites excluding steroid dienone is 4. The van der Waals surface area contributed by atoms with Crippen LogP contribution in [0.3, 0.4) is 0 Å². The molecule has 6 aromatic rings. The summed E-state index contributed by atoms with van der Waals surface area (Å²) in [5.74, 6) is 0. The smallest absolute Gasteiger partial charge is 0.0544 e. The van der Waals surface area contributed by atoms with Crippen molar-refractivity contribution in [3.63, 3.8) is 0 Å². The molecule has 1 heterocycles. The molecule has 0 atom stereocenters. The van der Waals surface area contributed by atoms with E-state index in [1.165, 1.54) is 60.8 Å². The predicted molar refractivity (Wildman–Crippen MR) is 228 cm³/mol. The minimum absolute atomic E-state index is 0.143. The summed E-state index contributed by atoms with van der Waals surface area (Å²) in [5.41, 5.74) is 16.8. The van der Waals surface area contributed by atoms with Gasteiger partial charge in [-0.25, -0.2) is 0 Å². The van der Waals surface area contributed by atoms with E-state index in [0.29, 0.717) is 0 Å². The van der Waals surface area contributed by atoms with Crippen LogP contribution in [-0.4, -0.2) is 4.57 Å². The normalized spacial score (nSPS) is 14.8. The first-order valence-corrected chi connectivity index (χ1v) is 18.8. The third-order valence-corrected chi connectivity index (χ3v) is 11.7. The average molecular weight is 682 g/mol. The highest BCUT2D eigenvalue weighted by Crippen LogP contribution is 2.52. The zero-order valence-electron chi connectivity index (χ0n) is 33.0. The van der Waals surface area contributed by atoms with Gasteiger partial charge in [-0.2, -0.15) is 0 Å². The second kappa shape index (κ2) is 13.4. The summed E-state index contributed by atoms with van der Waals surface area (Å²) in [4.78, 5) is 0. The number of rotatable bonds is 7. The van der Waals surface area contributed by atoms with E-state index in [4.69, 9.17) is 0 Å². The number of fused-ring (bicyclic) bond motifs is 5. The van der Waals surface area contributed by atoms with Crippen molar-refractivity contribution in [2.75, 3.05) is 0 Å². The largest absolute Gasteiger partial charge is 0.309 e. The topological polar surface area (TPSA) is 4.93 Å². The number of hydrogen-bond acceptors (Lipinski definition) is 0. The van der Waals surface area contributed by atoms with E-state index in [2.05, 4.69) is 177 Å². The Kier molecular flexibility index (Phi) is 9.47. The minimum Gasteiger partial charge on any atom is -0.309 e. The van der Waals surface area contributed by atoms with Gasteiger partial charge in [-0.1, -0.05) is 154 Å². The molecule has 52 heavy (non-hydrogen) atoms. The van der Waals surface area contributed by atoms with Crippen molar-refractivity contribution in [3.8, 4) is 5.69 Å². The Hall–Kier alpha value is -5.14. The number of aromatic nitrogens is 1. The number of aryl methyl sites for hydroxylation is 1. The standard InChI is InChI=1S/C49H49N.C2H6/c1-12-31(3)39(13-2)47(6,7)42-28-37-38-29-43-44(49(10,11)41-22-18-17-21-40(41)48(43,8)9)30-46(38)50(45(37)27-32(42)4)36-25-23-35(24-26-36)33(5)34-19-15-14-16-20-34;1-2/h12-30H,1-2,5H2,3-4,6-11H3;1-2H3/b39-31+;. The molecule has 0 bridgehead atoms. The maximum absolute atomic E-state index is 4.44. The van der Waals surface area contributed by atoms with Crippen molar-refractivity contribution in [2.24, 2.45) is 0 Å². The minimum atomic E-state index is -0.263. The van der Waals surface area contributed by atoms with E-state index in [1.807, 2.05) is 32.1 Å². The van der Waals surface area contributed by atoms with Gasteiger partial charge in [0.05, 0.1) is 11.0 Å². The summed E-state index contributed by atoms with van der Waals surface area (Å²) in [6.07, 6.45) is 3.95. The zero-order chi connectivity index (χ0) is 37.7. The molecule has 1 heteroatoms. The lowest BCUT2D eigenvalue weighted by molar-refractivity contribution is 0.521. The van der Waals surface area contributed by atoms with E-state index in [1.54, 1.807) is 0 Å². The molecule has 1 aliphatic carbocycles. The van der Waals surface area contributed by atoms with Crippen LogP contribution in [0.4, 0.5) is 0 Å². The Labute approximate surface area is 312 Å². The van der Waals surface area contributed by atoms with Gasteiger partial charge in [0.1, 0.15) is 0 Å². The molecule has 0 amide bonds. The molecular weight excluding hydrogens is 627 g/mol. The summed E-state index contributed by atoms with van der Waals surface area (Å²) in [6.45, 7) is 35.3. The summed E-state index contributed by atoms with van der Waals surface area (Å²) < 4.78 is 2.48. The van der Waals surface area contributed by atoms with Crippen LogP contribution in [-0.2, 0) is 16.2 Å². The first-order valence-electron chi connectivity index (χ1n) is 18.8. The lowest BCUT2D eigenvalue weighted by Crippen LogP contribution is -2.36. The van der Waals surface area contributed by atoms with Crippen LogP contribution in [0.2, 0.25) is 0 Å². The highest BCUT2D eigenvalue weighted by molar-refractivity contribution is 6.10. The molecule has 1 nitrogen and oxygen atoms in total. The molecule has 0 saturated carbocycles. The van der Waals surface area contributed by atoms with Gasteiger partial charge in [0.15, 0.2) is 0 Å². The van der Waals surface area contributed by atoms with E-state index in [-0.39, 0.29) is 16.2 Å². The third kappa shape index (κ3) is 5.63. The molecule has 0 saturated heterocycles. The quantitative estimate of drug-likeness (QED) is 0.148. The van der Waals surface area contributed by atoms with Crippen molar-refractivity contribution in [3.05, 3.63) is 191 Å². The second-order valence-electron chi connectivity index (χ2n) is 15.8. The maximum Gasteiger partial charge on any atom is 0.0544 e. The molecule has 0 radical (unpaired) electrons. The monoisotopic (exact) mass is 681 g/mol. The number of benzene rings is 5. The number of nitrogens with zero attached hydrogens (tertiary/aromatic N) is 1. The average Bonchev–Trinajstić information content (AvgIpc) is 3.46. The lowest BCUT2D eigenvalue weighted by atomic mass is 9.60. The van der Waals surface area contributed by atoms with Gasteiger partial charge >= 0.3 is 0 Å². The molecule has 0 unspecified atom stereocenters. The van der Waals surface area contributed by atoms with Crippen molar-refractivity contribution >= 4 is 27.4 Å². The van der Waals surface area contributed by atoms with Gasteiger partial charge in [0.25, 0.3) is 0 Å². The molecule has 264 valence electrons. The van der Waals surface area contributed by atoms with Gasteiger partial charge in [-0.05, 0) is 111 Å². The summed E-state index contributed by atoms with van der Waals surface area (Å²) >= 11 is 0. The van der Waals surface area contributed by atoms with E-state index >= 15 is 0 Å². The molecule has 7 rings (SSSR count). The van der Waals surface area contributed by atoms with Crippen LogP contribution in [0.25, 0.3) is 33.1 Å². The molecule has 1 aliphatic rings. The van der Waals surface area contributed by atoms with Gasteiger partial charge in [0.2, 0.25) is 0 Å². The highest BCUT2D eigenvalue weighted by atomic mass is 15.0. The fraction of sp³-hybridized carbons (Fsp3) is 0.255. The fourth-order valence-corrected chi connectivity index (χ4v) is 8.84. The van der Waals surface area contributed by atoms with Crippen molar-refractivity contribution in [1.29, 1.82) is 0 Å². The Morgan fingerprint density at radius 3 is 1.69 bits per heavy atom. The maximum atomic E-state index is 4.44. The van der Waals surface area contributed by atoms with Gasteiger partial charge < -0.3 is 4.57 Å². The summed E-state index contributed by atoms with van der Waals surface area (Å²) in [7, 11) is 0. The summed E-state index contributed by atoms with van der Waals surface area (Å²) in [6, 6.07) is 38.3. The van der Waals surface area contributed by atoms with Crippen LogP contribution >= 0.6 is 0 Å². The predicted octanol–water partition coefficient (Wildman–Crippen LogP) is 14.1. The van der Waals surface area contributed by atoms with E-state index in [9.17, 15) is 0 Å². The highest BCUT2D eigenvalue weighted by Gasteiger charge is 2.42. The second-order valence-corrected chi connectivity index (χ2v) is 15.8. The Balaban J connectivity index is 0.00000228. The molecule has 1 aromatic heterocycles. The number of hydrogen-bond donors (Lipinski definition) is 0. The van der Waals surface area contributed by atoms with Crippen molar-refractivity contribution in [2.45, 2.75) is 85.5 Å². The zero-order valence-corrected chi connectivity index (χ0v) is 33.0. The third-order valence-electron chi connectivity index (χ3n) is 11.7. The Bertz CT molecular complexity index is 2380. The Morgan fingerprint density at radius 1 is 0.635 bits per heavy atom. The SMILES string of the molecule is C=C/C(C)=C(\C=C)C(C)(C)c1cc2c3cc4c(cc3n(-c3ccc(C(=C)c5ccccc5)cc3)c2cc1C)C(C)(C)c1ccccc1C4(C)C.CC. The van der Waals surface area contributed by atoms with Gasteiger partial charge in [-0.15, -0.1) is 0 Å². The van der Waals surface area contributed by atoms with Crippen molar-refractivity contribution < 1.29 is 0 Å². The van der Waals surface area contributed by atoms with Crippen LogP contribution < -0.4 is 0 Å². The van der Waals surface area contributed by atoms with Gasteiger partial charge in [-0.3, -0.25) is 0 Å². The molecule has 0 spiro atoms. The molecule has 0 aliphatic heterocycles. The van der Waals surface area contributed by atoms with Crippen LogP contribution in [0.1, 0.15) is 107 Å². The van der Waals surface area contributed by atoms with Crippen LogP contribution in [0, 0.1) is 6.92 Å². The molecule has 0 fully saturated rings. The van der Waals surface area contributed by atoms with Gasteiger partial charge in [0, 0.05) is 32.7 Å². The van der Waals surface area contributed by atoms with Crippen LogP contribution in [0.15, 0.2) is 146 Å². The molecule has 0 N–H and O–H groups in total.